The van der Waals surface area contributed by atoms with E-state index >= 15 is 0 Å². The first kappa shape index (κ1) is 13.4. The minimum absolute atomic E-state index is 0.0493. The lowest BCUT2D eigenvalue weighted by molar-refractivity contribution is -0.141. The fraction of sp³-hybridized carbons (Fsp3) is 0.714. The van der Waals surface area contributed by atoms with Crippen molar-refractivity contribution >= 4 is 11.7 Å². The molecule has 1 unspecified atom stereocenters. The minimum atomic E-state index is -0.450. The van der Waals surface area contributed by atoms with Gasteiger partial charge in [-0.15, -0.1) is 0 Å². The molecule has 0 amide bonds. The molecule has 6 nitrogen and oxygen atoms in total. The largest absolute Gasteiger partial charge is 0.461 e. The van der Waals surface area contributed by atoms with Crippen LogP contribution in [0.1, 0.15) is 55.6 Å². The van der Waals surface area contributed by atoms with Crippen molar-refractivity contribution in [1.29, 1.82) is 0 Å². The average molecular weight is 279 g/mol. The first-order chi connectivity index (χ1) is 9.63. The third kappa shape index (κ3) is 2.28. The summed E-state index contributed by atoms with van der Waals surface area (Å²) in [6, 6.07) is 0.259. The molecule has 0 bridgehead atoms. The van der Waals surface area contributed by atoms with Crippen LogP contribution in [0.3, 0.4) is 0 Å². The molecule has 1 saturated carbocycles. The van der Waals surface area contributed by atoms with Gasteiger partial charge in [-0.05, 0) is 39.0 Å². The van der Waals surface area contributed by atoms with Crippen LogP contribution in [0.2, 0.25) is 0 Å². The van der Waals surface area contributed by atoms with Crippen molar-refractivity contribution in [2.24, 2.45) is 0 Å². The zero-order chi connectivity index (χ0) is 14.2. The van der Waals surface area contributed by atoms with Gasteiger partial charge in [0.25, 0.3) is 0 Å². The molecule has 110 valence electrons. The van der Waals surface area contributed by atoms with Gasteiger partial charge in [-0.3, -0.25) is 4.68 Å². The van der Waals surface area contributed by atoms with Gasteiger partial charge in [0, 0.05) is 12.8 Å². The molecule has 6 heteroatoms. The van der Waals surface area contributed by atoms with Crippen molar-refractivity contribution < 1.29 is 14.3 Å². The van der Waals surface area contributed by atoms with Gasteiger partial charge in [0.1, 0.15) is 0 Å². The smallest absolute Gasteiger partial charge is 0.361 e. The Morgan fingerprint density at radius 2 is 2.45 bits per heavy atom. The van der Waals surface area contributed by atoms with E-state index in [2.05, 4.69) is 5.10 Å². The maximum absolute atomic E-state index is 11.8. The topological polar surface area (TPSA) is 79.4 Å². The summed E-state index contributed by atoms with van der Waals surface area (Å²) in [6.07, 6.45) is 7.11. The molecule has 2 fully saturated rings. The van der Waals surface area contributed by atoms with Crippen molar-refractivity contribution in [3.63, 3.8) is 0 Å². The van der Waals surface area contributed by atoms with Gasteiger partial charge in [0.2, 0.25) is 0 Å². The number of aromatic nitrogens is 2. The number of hydrogen-bond acceptors (Lipinski definition) is 5. The Morgan fingerprint density at radius 1 is 1.65 bits per heavy atom. The van der Waals surface area contributed by atoms with Crippen LogP contribution < -0.4 is 5.73 Å². The molecule has 0 radical (unpaired) electrons. The standard InChI is InChI=1S/C14H21N3O3/c1-2-19-13(18)12-11(15)9-17(16-12)10-4-7-20-14(8-10)5-3-6-14/h9-10H,2-8,15H2,1H3. The summed E-state index contributed by atoms with van der Waals surface area (Å²) in [7, 11) is 0. The molecule has 2 aliphatic rings. The summed E-state index contributed by atoms with van der Waals surface area (Å²) >= 11 is 0. The van der Waals surface area contributed by atoms with Crippen LogP contribution in [0, 0.1) is 0 Å². The van der Waals surface area contributed by atoms with Crippen LogP contribution in [0.25, 0.3) is 0 Å². The van der Waals surface area contributed by atoms with E-state index < -0.39 is 5.97 Å². The molecule has 0 aromatic carbocycles. The second kappa shape index (κ2) is 5.09. The fourth-order valence-electron chi connectivity index (χ4n) is 3.10. The summed E-state index contributed by atoms with van der Waals surface area (Å²) < 4.78 is 12.7. The third-order valence-corrected chi connectivity index (χ3v) is 4.33. The number of esters is 1. The number of carbonyl (C=O) groups is 1. The molecule has 1 spiro atoms. The number of rotatable bonds is 3. The van der Waals surface area contributed by atoms with E-state index in [0.717, 1.165) is 32.3 Å². The minimum Gasteiger partial charge on any atom is -0.461 e. The molecule has 1 aromatic rings. The second-order valence-corrected chi connectivity index (χ2v) is 5.67. The van der Waals surface area contributed by atoms with Crippen molar-refractivity contribution in [3.05, 3.63) is 11.9 Å². The Hall–Kier alpha value is -1.56. The van der Waals surface area contributed by atoms with E-state index in [9.17, 15) is 4.79 Å². The summed E-state index contributed by atoms with van der Waals surface area (Å²) in [5, 5.41) is 4.34. The van der Waals surface area contributed by atoms with Gasteiger partial charge >= 0.3 is 5.97 Å². The molecule has 2 N–H and O–H groups in total. The zero-order valence-electron chi connectivity index (χ0n) is 11.8. The van der Waals surface area contributed by atoms with Crippen molar-refractivity contribution in [1.82, 2.24) is 9.78 Å². The fourth-order valence-corrected chi connectivity index (χ4v) is 3.10. The highest BCUT2D eigenvalue weighted by molar-refractivity contribution is 5.92. The first-order valence-corrected chi connectivity index (χ1v) is 7.29. The normalized spacial score (nSPS) is 24.4. The van der Waals surface area contributed by atoms with E-state index in [1.54, 1.807) is 13.1 Å². The Kier molecular flexibility index (Phi) is 3.41. The van der Waals surface area contributed by atoms with Crippen molar-refractivity contribution in [2.75, 3.05) is 18.9 Å². The zero-order valence-corrected chi connectivity index (χ0v) is 11.8. The third-order valence-electron chi connectivity index (χ3n) is 4.33. The van der Waals surface area contributed by atoms with E-state index in [1.807, 2.05) is 4.68 Å². The second-order valence-electron chi connectivity index (χ2n) is 5.67. The number of anilines is 1. The van der Waals surface area contributed by atoms with E-state index in [1.165, 1.54) is 6.42 Å². The monoisotopic (exact) mass is 279 g/mol. The highest BCUT2D eigenvalue weighted by Crippen LogP contribution is 2.45. The lowest BCUT2D eigenvalue weighted by Crippen LogP contribution is -2.46. The Labute approximate surface area is 118 Å². The Balaban J connectivity index is 1.77. The van der Waals surface area contributed by atoms with Gasteiger partial charge in [0.05, 0.1) is 23.9 Å². The van der Waals surface area contributed by atoms with Crippen LogP contribution in [0.5, 0.6) is 0 Å². The SMILES string of the molecule is CCOC(=O)c1nn(C2CCOC3(CCC3)C2)cc1N. The van der Waals surface area contributed by atoms with Crippen LogP contribution in [-0.2, 0) is 9.47 Å². The number of nitrogen functional groups attached to an aromatic ring is 1. The maximum atomic E-state index is 11.8. The molecule has 1 saturated heterocycles. The molecule has 3 rings (SSSR count). The first-order valence-electron chi connectivity index (χ1n) is 7.29. The van der Waals surface area contributed by atoms with Crippen molar-refractivity contribution in [3.8, 4) is 0 Å². The quantitative estimate of drug-likeness (QED) is 0.855. The van der Waals surface area contributed by atoms with E-state index in [4.69, 9.17) is 15.2 Å². The molecular formula is C14H21N3O3. The highest BCUT2D eigenvalue weighted by Gasteiger charge is 2.43. The highest BCUT2D eigenvalue weighted by atomic mass is 16.5. The van der Waals surface area contributed by atoms with E-state index in [0.29, 0.717) is 12.3 Å². The number of hydrogen-bond donors (Lipinski definition) is 1. The van der Waals surface area contributed by atoms with Gasteiger partial charge in [-0.2, -0.15) is 5.10 Å². The Morgan fingerprint density at radius 3 is 3.10 bits per heavy atom. The molecule has 1 atom stereocenters. The average Bonchev–Trinajstić information content (AvgIpc) is 2.80. The van der Waals surface area contributed by atoms with Gasteiger partial charge < -0.3 is 15.2 Å². The van der Waals surface area contributed by atoms with Gasteiger partial charge in [-0.1, -0.05) is 0 Å². The molecule has 1 aromatic heterocycles. The maximum Gasteiger partial charge on any atom is 0.361 e. The number of ether oxygens (including phenoxy) is 2. The molecule has 1 aliphatic heterocycles. The van der Waals surface area contributed by atoms with Gasteiger partial charge in [0.15, 0.2) is 5.69 Å². The van der Waals surface area contributed by atoms with Crippen molar-refractivity contribution in [2.45, 2.75) is 50.7 Å². The van der Waals surface area contributed by atoms with Gasteiger partial charge in [-0.25, -0.2) is 4.79 Å². The summed E-state index contributed by atoms with van der Waals surface area (Å²) in [5.41, 5.74) is 6.54. The summed E-state index contributed by atoms with van der Waals surface area (Å²) in [6.45, 7) is 2.84. The van der Waals surface area contributed by atoms with E-state index in [-0.39, 0.29) is 17.3 Å². The lowest BCUT2D eigenvalue weighted by atomic mass is 9.74. The Bertz CT molecular complexity index is 508. The van der Waals surface area contributed by atoms with Crippen LogP contribution in [0.4, 0.5) is 5.69 Å². The lowest BCUT2D eigenvalue weighted by Gasteiger charge is -2.47. The summed E-state index contributed by atoms with van der Waals surface area (Å²) in [5.74, 6) is -0.450. The molecule has 2 heterocycles. The molecule has 1 aliphatic carbocycles. The predicted molar refractivity (Wildman–Crippen MR) is 73.4 cm³/mol. The predicted octanol–water partition coefficient (Wildman–Crippen LogP) is 1.92. The summed E-state index contributed by atoms with van der Waals surface area (Å²) in [4.78, 5) is 11.8. The molecular weight excluding hydrogens is 258 g/mol. The number of nitrogens with two attached hydrogens (primary N) is 1. The molecule has 20 heavy (non-hydrogen) atoms. The van der Waals surface area contributed by atoms with Crippen LogP contribution >= 0.6 is 0 Å². The van der Waals surface area contributed by atoms with Crippen LogP contribution in [0.15, 0.2) is 6.20 Å². The number of nitrogens with zero attached hydrogens (tertiary/aromatic N) is 2. The number of carbonyl (C=O) groups excluding carboxylic acids is 1. The van der Waals surface area contributed by atoms with Crippen LogP contribution in [-0.4, -0.2) is 34.6 Å².